The van der Waals surface area contributed by atoms with Crippen molar-refractivity contribution < 1.29 is 4.74 Å². The van der Waals surface area contributed by atoms with Crippen LogP contribution in [0.3, 0.4) is 0 Å². The number of aryl methyl sites for hydroxylation is 1. The fourth-order valence-corrected chi connectivity index (χ4v) is 3.26. The summed E-state index contributed by atoms with van der Waals surface area (Å²) in [5.74, 6) is 0. The van der Waals surface area contributed by atoms with E-state index in [9.17, 15) is 0 Å². The first-order valence-corrected chi connectivity index (χ1v) is 8.13. The highest BCUT2D eigenvalue weighted by Gasteiger charge is 2.15. The molecular formula is C17H22N4O. The summed E-state index contributed by atoms with van der Waals surface area (Å²) in [7, 11) is 0. The Balaban J connectivity index is 1.71. The molecule has 3 aromatic rings. The molecule has 4 rings (SSSR count). The van der Waals surface area contributed by atoms with Crippen LogP contribution in [0.25, 0.3) is 16.7 Å². The van der Waals surface area contributed by atoms with E-state index in [4.69, 9.17) is 9.84 Å². The number of aromatic nitrogens is 3. The van der Waals surface area contributed by atoms with Crippen molar-refractivity contribution in [2.75, 3.05) is 32.8 Å². The Kier molecular flexibility index (Phi) is 3.60. The van der Waals surface area contributed by atoms with Crippen LogP contribution in [0.15, 0.2) is 30.3 Å². The number of nitrogens with zero attached hydrogens (tertiary/aromatic N) is 4. The first kappa shape index (κ1) is 13.8. The molecule has 2 aromatic heterocycles. The molecular weight excluding hydrogens is 276 g/mol. The molecule has 0 radical (unpaired) electrons. The SMILES string of the molecule is CCc1cc2n(CCN3CCOCC3)c3ccccc3n2n1. The molecule has 5 nitrogen and oxygen atoms in total. The van der Waals surface area contributed by atoms with Gasteiger partial charge in [-0.15, -0.1) is 0 Å². The van der Waals surface area contributed by atoms with Gasteiger partial charge in [-0.3, -0.25) is 4.90 Å². The summed E-state index contributed by atoms with van der Waals surface area (Å²) >= 11 is 0. The molecule has 0 saturated carbocycles. The number of hydrogen-bond acceptors (Lipinski definition) is 3. The van der Waals surface area contributed by atoms with Gasteiger partial charge in [-0.25, -0.2) is 4.52 Å². The quantitative estimate of drug-likeness (QED) is 0.740. The van der Waals surface area contributed by atoms with Crippen LogP contribution >= 0.6 is 0 Å². The molecule has 1 aromatic carbocycles. The van der Waals surface area contributed by atoms with Crippen LogP contribution in [0.4, 0.5) is 0 Å². The van der Waals surface area contributed by atoms with E-state index >= 15 is 0 Å². The Morgan fingerprint density at radius 3 is 2.64 bits per heavy atom. The van der Waals surface area contributed by atoms with Crippen LogP contribution < -0.4 is 0 Å². The van der Waals surface area contributed by atoms with Crippen LogP contribution in [-0.2, 0) is 17.7 Å². The lowest BCUT2D eigenvalue weighted by atomic mass is 10.3. The number of fused-ring (bicyclic) bond motifs is 3. The number of para-hydroxylation sites is 2. The molecule has 0 unspecified atom stereocenters. The number of benzene rings is 1. The van der Waals surface area contributed by atoms with E-state index in [1.165, 1.54) is 16.7 Å². The monoisotopic (exact) mass is 298 g/mol. The smallest absolute Gasteiger partial charge is 0.137 e. The molecule has 0 aliphatic carbocycles. The van der Waals surface area contributed by atoms with Gasteiger partial charge >= 0.3 is 0 Å². The first-order valence-electron chi connectivity index (χ1n) is 8.13. The van der Waals surface area contributed by atoms with Crippen LogP contribution in [0.2, 0.25) is 0 Å². The minimum atomic E-state index is 0.856. The van der Waals surface area contributed by atoms with Gasteiger partial charge in [-0.1, -0.05) is 19.1 Å². The minimum Gasteiger partial charge on any atom is -0.379 e. The molecule has 5 heteroatoms. The van der Waals surface area contributed by atoms with Gasteiger partial charge in [0, 0.05) is 32.2 Å². The summed E-state index contributed by atoms with van der Waals surface area (Å²) in [5, 5.41) is 4.74. The average molecular weight is 298 g/mol. The summed E-state index contributed by atoms with van der Waals surface area (Å²) in [6, 6.07) is 10.8. The lowest BCUT2D eigenvalue weighted by Crippen LogP contribution is -2.38. The van der Waals surface area contributed by atoms with E-state index in [1.807, 2.05) is 0 Å². The molecule has 3 heterocycles. The van der Waals surface area contributed by atoms with Crippen molar-refractivity contribution in [3.63, 3.8) is 0 Å². The normalized spacial score (nSPS) is 16.8. The van der Waals surface area contributed by atoms with Gasteiger partial charge in [0.2, 0.25) is 0 Å². The third-order valence-corrected chi connectivity index (χ3v) is 4.52. The van der Waals surface area contributed by atoms with Gasteiger partial charge < -0.3 is 9.30 Å². The summed E-state index contributed by atoms with van der Waals surface area (Å²) in [6.07, 6.45) is 0.972. The Bertz CT molecular complexity index is 783. The van der Waals surface area contributed by atoms with E-state index in [0.29, 0.717) is 0 Å². The van der Waals surface area contributed by atoms with Gasteiger partial charge in [-0.2, -0.15) is 5.10 Å². The largest absolute Gasteiger partial charge is 0.379 e. The zero-order chi connectivity index (χ0) is 14.9. The third kappa shape index (κ3) is 2.30. The highest BCUT2D eigenvalue weighted by atomic mass is 16.5. The molecule has 116 valence electrons. The van der Waals surface area contributed by atoms with Crippen molar-refractivity contribution in [2.45, 2.75) is 19.9 Å². The fourth-order valence-electron chi connectivity index (χ4n) is 3.26. The summed E-state index contributed by atoms with van der Waals surface area (Å²) in [6.45, 7) is 7.99. The number of morpholine rings is 1. The fraction of sp³-hybridized carbons (Fsp3) is 0.471. The highest BCUT2D eigenvalue weighted by Crippen LogP contribution is 2.21. The number of ether oxygens (including phenoxy) is 1. The predicted octanol–water partition coefficient (Wildman–Crippen LogP) is 2.18. The molecule has 0 spiro atoms. The maximum absolute atomic E-state index is 5.43. The molecule has 1 aliphatic heterocycles. The Morgan fingerprint density at radius 1 is 1.09 bits per heavy atom. The summed E-state index contributed by atoms with van der Waals surface area (Å²) < 4.78 is 9.92. The second-order valence-corrected chi connectivity index (χ2v) is 5.85. The van der Waals surface area contributed by atoms with Crippen LogP contribution in [0.5, 0.6) is 0 Å². The molecule has 0 amide bonds. The van der Waals surface area contributed by atoms with Crippen LogP contribution in [-0.4, -0.2) is 51.9 Å². The van der Waals surface area contributed by atoms with Crippen LogP contribution in [0.1, 0.15) is 12.6 Å². The van der Waals surface area contributed by atoms with E-state index in [0.717, 1.165) is 51.5 Å². The second-order valence-electron chi connectivity index (χ2n) is 5.85. The Labute approximate surface area is 130 Å². The lowest BCUT2D eigenvalue weighted by Gasteiger charge is -2.26. The Hall–Kier alpha value is -1.85. The van der Waals surface area contributed by atoms with Crippen molar-refractivity contribution in [2.24, 2.45) is 0 Å². The number of imidazole rings is 1. The van der Waals surface area contributed by atoms with Crippen molar-refractivity contribution in [3.8, 4) is 0 Å². The molecule has 0 N–H and O–H groups in total. The molecule has 0 bridgehead atoms. The Morgan fingerprint density at radius 2 is 1.86 bits per heavy atom. The maximum atomic E-state index is 5.43. The lowest BCUT2D eigenvalue weighted by molar-refractivity contribution is 0.0366. The van der Waals surface area contributed by atoms with Crippen molar-refractivity contribution in [1.82, 2.24) is 19.1 Å². The number of rotatable bonds is 4. The number of hydrogen-bond donors (Lipinski definition) is 0. The van der Waals surface area contributed by atoms with Crippen molar-refractivity contribution in [3.05, 3.63) is 36.0 Å². The first-order chi connectivity index (χ1) is 10.9. The van der Waals surface area contributed by atoms with Gasteiger partial charge in [0.15, 0.2) is 0 Å². The van der Waals surface area contributed by atoms with E-state index in [2.05, 4.69) is 51.2 Å². The molecule has 1 saturated heterocycles. The molecule has 1 aliphatic rings. The topological polar surface area (TPSA) is 34.7 Å². The zero-order valence-electron chi connectivity index (χ0n) is 13.0. The average Bonchev–Trinajstić information content (AvgIpc) is 3.11. The van der Waals surface area contributed by atoms with Crippen molar-refractivity contribution in [1.29, 1.82) is 0 Å². The van der Waals surface area contributed by atoms with E-state index in [-0.39, 0.29) is 0 Å². The van der Waals surface area contributed by atoms with E-state index < -0.39 is 0 Å². The second kappa shape index (κ2) is 5.74. The molecule has 0 atom stereocenters. The van der Waals surface area contributed by atoms with Gasteiger partial charge in [0.05, 0.1) is 29.9 Å². The molecule has 22 heavy (non-hydrogen) atoms. The molecule has 1 fully saturated rings. The maximum Gasteiger partial charge on any atom is 0.137 e. The standard InChI is InChI=1S/C17H22N4O/c1-2-14-13-17-20(8-7-19-9-11-22-12-10-19)15-5-3-4-6-16(15)21(17)18-14/h3-6,13H,2,7-12H2,1H3. The van der Waals surface area contributed by atoms with Gasteiger partial charge in [0.1, 0.15) is 5.65 Å². The van der Waals surface area contributed by atoms with Crippen molar-refractivity contribution >= 4 is 16.7 Å². The summed E-state index contributed by atoms with van der Waals surface area (Å²) in [5.41, 5.74) is 4.81. The minimum absolute atomic E-state index is 0.856. The predicted molar refractivity (Wildman–Crippen MR) is 87.3 cm³/mol. The summed E-state index contributed by atoms with van der Waals surface area (Å²) in [4.78, 5) is 2.48. The highest BCUT2D eigenvalue weighted by molar-refractivity contribution is 5.81. The van der Waals surface area contributed by atoms with Crippen LogP contribution in [0, 0.1) is 0 Å². The third-order valence-electron chi connectivity index (χ3n) is 4.52. The van der Waals surface area contributed by atoms with Gasteiger partial charge in [-0.05, 0) is 18.6 Å². The van der Waals surface area contributed by atoms with Gasteiger partial charge in [0.25, 0.3) is 0 Å². The van der Waals surface area contributed by atoms with E-state index in [1.54, 1.807) is 0 Å². The zero-order valence-corrected chi connectivity index (χ0v) is 13.0.